The lowest BCUT2D eigenvalue weighted by molar-refractivity contribution is -0.135. The van der Waals surface area contributed by atoms with Crippen LogP contribution >= 0.6 is 11.8 Å². The molecule has 0 radical (unpaired) electrons. The molecule has 0 rings (SSSR count). The molecule has 0 aliphatic carbocycles. The summed E-state index contributed by atoms with van der Waals surface area (Å²) in [5.74, 6) is 0. The fraction of sp³-hybridized carbons (Fsp3) is 1.00. The molecule has 62 valence electrons. The lowest BCUT2D eigenvalue weighted by Crippen LogP contribution is -2.10. The Kier molecular flexibility index (Phi) is 4.17. The predicted molar refractivity (Wildman–Crippen MR) is 38.3 cm³/mol. The maximum absolute atomic E-state index is 11.5. The van der Waals surface area contributed by atoms with Crippen LogP contribution in [-0.4, -0.2) is 17.7 Å². The maximum atomic E-state index is 11.5. The zero-order chi connectivity index (χ0) is 8.20. The summed E-state index contributed by atoms with van der Waals surface area (Å²) in [5.41, 5.74) is 0. The minimum absolute atomic E-state index is 0.113. The third-order valence-corrected chi connectivity index (χ3v) is 2.28. The Hall–Kier alpha value is 0.140. The molecule has 0 heterocycles. The highest BCUT2D eigenvalue weighted by Gasteiger charge is 2.26. The van der Waals surface area contributed by atoms with E-state index in [9.17, 15) is 13.2 Å². The highest BCUT2D eigenvalue weighted by molar-refractivity contribution is 7.99. The van der Waals surface area contributed by atoms with Gasteiger partial charge in [-0.2, -0.15) is 24.9 Å². The van der Waals surface area contributed by atoms with E-state index in [4.69, 9.17) is 0 Å². The van der Waals surface area contributed by atoms with Crippen LogP contribution in [0.1, 0.15) is 19.8 Å². The summed E-state index contributed by atoms with van der Waals surface area (Å²) >= 11 is 1.47. The summed E-state index contributed by atoms with van der Waals surface area (Å²) < 4.78 is 34.6. The first-order chi connectivity index (χ1) is 4.45. The summed E-state index contributed by atoms with van der Waals surface area (Å²) in [6.07, 6.45) is -2.59. The van der Waals surface area contributed by atoms with E-state index in [0.29, 0.717) is 0 Å². The van der Waals surface area contributed by atoms with Gasteiger partial charge in [0.2, 0.25) is 0 Å². The average molecular weight is 172 g/mol. The van der Waals surface area contributed by atoms with E-state index in [0.717, 1.165) is 0 Å². The van der Waals surface area contributed by atoms with E-state index in [-0.39, 0.29) is 11.7 Å². The highest BCUT2D eigenvalue weighted by Crippen LogP contribution is 2.24. The Labute approximate surface area is 63.2 Å². The maximum Gasteiger partial charge on any atom is 0.389 e. The van der Waals surface area contributed by atoms with E-state index in [2.05, 4.69) is 0 Å². The molecule has 0 aromatic carbocycles. The lowest BCUT2D eigenvalue weighted by atomic mass is 10.2. The quantitative estimate of drug-likeness (QED) is 0.630. The van der Waals surface area contributed by atoms with Crippen molar-refractivity contribution in [1.82, 2.24) is 0 Å². The fourth-order valence-electron chi connectivity index (χ4n) is 0.485. The van der Waals surface area contributed by atoms with Crippen LogP contribution in [0.25, 0.3) is 0 Å². The molecule has 0 aromatic rings. The van der Waals surface area contributed by atoms with Gasteiger partial charge in [-0.25, -0.2) is 0 Å². The topological polar surface area (TPSA) is 0 Å². The zero-order valence-corrected chi connectivity index (χ0v) is 6.85. The Morgan fingerprint density at radius 3 is 2.20 bits per heavy atom. The molecule has 1 atom stereocenters. The molecule has 0 nitrogen and oxygen atoms in total. The van der Waals surface area contributed by atoms with Crippen LogP contribution in [0.2, 0.25) is 0 Å². The van der Waals surface area contributed by atoms with Gasteiger partial charge < -0.3 is 0 Å². The van der Waals surface area contributed by atoms with Crippen molar-refractivity contribution in [2.24, 2.45) is 0 Å². The minimum Gasteiger partial charge on any atom is -0.171 e. The first kappa shape index (κ1) is 10.1. The van der Waals surface area contributed by atoms with E-state index < -0.39 is 12.6 Å². The normalized spacial score (nSPS) is 15.3. The third kappa shape index (κ3) is 6.26. The van der Waals surface area contributed by atoms with Gasteiger partial charge in [0.1, 0.15) is 0 Å². The van der Waals surface area contributed by atoms with Crippen molar-refractivity contribution < 1.29 is 13.2 Å². The first-order valence-electron chi connectivity index (χ1n) is 3.05. The van der Waals surface area contributed by atoms with Gasteiger partial charge in [-0.05, 0) is 12.7 Å². The van der Waals surface area contributed by atoms with Crippen molar-refractivity contribution in [3.05, 3.63) is 0 Å². The molecular formula is C6H11F3S. The first-order valence-corrected chi connectivity index (χ1v) is 4.34. The molecule has 0 N–H and O–H groups in total. The predicted octanol–water partition coefficient (Wildman–Crippen LogP) is 3.08. The van der Waals surface area contributed by atoms with Crippen molar-refractivity contribution in [1.29, 1.82) is 0 Å². The van der Waals surface area contributed by atoms with Crippen molar-refractivity contribution in [2.75, 3.05) is 6.26 Å². The standard InChI is InChI=1S/C6H11F3S/c1-5(10-2)3-4-6(7,8)9/h5H,3-4H2,1-2H3. The Morgan fingerprint density at radius 1 is 1.40 bits per heavy atom. The van der Waals surface area contributed by atoms with Crippen LogP contribution in [0.5, 0.6) is 0 Å². The molecule has 10 heavy (non-hydrogen) atoms. The number of thioether (sulfide) groups is 1. The van der Waals surface area contributed by atoms with Crippen molar-refractivity contribution >= 4 is 11.8 Å². The largest absolute Gasteiger partial charge is 0.389 e. The zero-order valence-electron chi connectivity index (χ0n) is 6.03. The monoisotopic (exact) mass is 172 g/mol. The second-order valence-electron chi connectivity index (χ2n) is 2.20. The summed E-state index contributed by atoms with van der Waals surface area (Å²) in [7, 11) is 0. The fourth-order valence-corrected chi connectivity index (χ4v) is 0.838. The molecule has 0 aromatic heterocycles. The second-order valence-corrected chi connectivity index (χ2v) is 3.48. The lowest BCUT2D eigenvalue weighted by Gasteiger charge is -2.09. The minimum atomic E-state index is -3.98. The van der Waals surface area contributed by atoms with Gasteiger partial charge in [0, 0.05) is 11.7 Å². The number of halogens is 3. The van der Waals surface area contributed by atoms with Crippen LogP contribution in [0, 0.1) is 0 Å². The van der Waals surface area contributed by atoms with E-state index in [1.54, 1.807) is 6.92 Å². The van der Waals surface area contributed by atoms with Crippen LogP contribution in [0.15, 0.2) is 0 Å². The molecule has 0 saturated heterocycles. The molecule has 0 aliphatic rings. The summed E-state index contributed by atoms with van der Waals surface area (Å²) in [5, 5.41) is 0.113. The van der Waals surface area contributed by atoms with Crippen molar-refractivity contribution in [3.63, 3.8) is 0 Å². The highest BCUT2D eigenvalue weighted by atomic mass is 32.2. The average Bonchev–Trinajstić information content (AvgIpc) is 1.81. The Morgan fingerprint density at radius 2 is 1.90 bits per heavy atom. The second kappa shape index (κ2) is 4.11. The number of alkyl halides is 3. The van der Waals surface area contributed by atoms with Gasteiger partial charge in [0.25, 0.3) is 0 Å². The number of hydrogen-bond acceptors (Lipinski definition) is 1. The van der Waals surface area contributed by atoms with Crippen LogP contribution < -0.4 is 0 Å². The van der Waals surface area contributed by atoms with E-state index >= 15 is 0 Å². The molecule has 4 heteroatoms. The molecule has 0 spiro atoms. The van der Waals surface area contributed by atoms with Gasteiger partial charge >= 0.3 is 6.18 Å². The van der Waals surface area contributed by atoms with E-state index in [1.165, 1.54) is 11.8 Å². The molecule has 0 fully saturated rings. The molecule has 0 bridgehead atoms. The summed E-state index contributed by atoms with van der Waals surface area (Å²) in [6.45, 7) is 1.80. The molecule has 1 unspecified atom stereocenters. The van der Waals surface area contributed by atoms with Gasteiger partial charge in [-0.3, -0.25) is 0 Å². The Balaban J connectivity index is 3.36. The van der Waals surface area contributed by atoms with Gasteiger partial charge in [-0.1, -0.05) is 6.92 Å². The van der Waals surface area contributed by atoms with Crippen LogP contribution in [0.4, 0.5) is 13.2 Å². The van der Waals surface area contributed by atoms with Crippen molar-refractivity contribution in [2.45, 2.75) is 31.2 Å². The summed E-state index contributed by atoms with van der Waals surface area (Å²) in [4.78, 5) is 0. The molecular weight excluding hydrogens is 161 g/mol. The van der Waals surface area contributed by atoms with Gasteiger partial charge in [0.05, 0.1) is 0 Å². The SMILES string of the molecule is CSC(C)CCC(F)(F)F. The Bertz CT molecular complexity index is 89.5. The number of hydrogen-bond donors (Lipinski definition) is 0. The van der Waals surface area contributed by atoms with Gasteiger partial charge in [-0.15, -0.1) is 0 Å². The number of rotatable bonds is 3. The van der Waals surface area contributed by atoms with Gasteiger partial charge in [0.15, 0.2) is 0 Å². The van der Waals surface area contributed by atoms with Crippen LogP contribution in [-0.2, 0) is 0 Å². The van der Waals surface area contributed by atoms with E-state index in [1.807, 2.05) is 6.26 Å². The van der Waals surface area contributed by atoms with Crippen LogP contribution in [0.3, 0.4) is 0 Å². The smallest absolute Gasteiger partial charge is 0.171 e. The molecule has 0 amide bonds. The summed E-state index contributed by atoms with van der Waals surface area (Å²) in [6, 6.07) is 0. The van der Waals surface area contributed by atoms with Crippen molar-refractivity contribution in [3.8, 4) is 0 Å². The third-order valence-electron chi connectivity index (χ3n) is 1.24. The molecule has 0 saturated carbocycles. The molecule has 0 aliphatic heterocycles.